The highest BCUT2D eigenvalue weighted by molar-refractivity contribution is 9.10. The van der Waals surface area contributed by atoms with Crippen LogP contribution in [0.25, 0.3) is 0 Å². The maximum Gasteiger partial charge on any atom is 0.251 e. The first-order valence-electron chi connectivity index (χ1n) is 6.10. The van der Waals surface area contributed by atoms with Crippen LogP contribution >= 0.6 is 15.9 Å². The number of nitrogens with zero attached hydrogens (tertiary/aromatic N) is 1. The lowest BCUT2D eigenvalue weighted by Gasteiger charge is -2.18. The summed E-state index contributed by atoms with van der Waals surface area (Å²) in [5, 5.41) is 2.60. The third kappa shape index (κ3) is 4.55. The molecule has 0 heterocycles. The molecule has 19 heavy (non-hydrogen) atoms. The van der Waals surface area contributed by atoms with Gasteiger partial charge < -0.3 is 16.0 Å². The van der Waals surface area contributed by atoms with E-state index < -0.39 is 0 Å². The van der Waals surface area contributed by atoms with E-state index in [1.54, 1.807) is 23.1 Å². The number of carbonyl (C=O) groups excluding carboxylic acids is 2. The Morgan fingerprint density at radius 1 is 1.26 bits per heavy atom. The molecule has 0 aliphatic carbocycles. The Labute approximate surface area is 121 Å². The highest BCUT2D eigenvalue weighted by Crippen LogP contribution is 2.17. The van der Waals surface area contributed by atoms with Crippen LogP contribution in [-0.2, 0) is 4.79 Å². The summed E-state index contributed by atoms with van der Waals surface area (Å²) in [6, 6.07) is 4.94. The molecule has 0 atom stereocenters. The average molecular weight is 328 g/mol. The summed E-state index contributed by atoms with van der Waals surface area (Å²) in [6.07, 6.45) is 0. The maximum absolute atomic E-state index is 11.9. The molecule has 0 aliphatic rings. The van der Waals surface area contributed by atoms with Gasteiger partial charge in [-0.25, -0.2) is 0 Å². The van der Waals surface area contributed by atoms with Crippen LogP contribution in [0.2, 0.25) is 0 Å². The van der Waals surface area contributed by atoms with Gasteiger partial charge in [-0.05, 0) is 32.0 Å². The number of hydrogen-bond donors (Lipinski definition) is 2. The van der Waals surface area contributed by atoms with Crippen LogP contribution in [0.3, 0.4) is 0 Å². The van der Waals surface area contributed by atoms with Crippen LogP contribution in [0.1, 0.15) is 24.2 Å². The Hall–Kier alpha value is -1.56. The van der Waals surface area contributed by atoms with E-state index in [9.17, 15) is 9.59 Å². The van der Waals surface area contributed by atoms with Gasteiger partial charge in [0.2, 0.25) is 5.91 Å². The van der Waals surface area contributed by atoms with Crippen molar-refractivity contribution in [3.63, 3.8) is 0 Å². The van der Waals surface area contributed by atoms with Crippen molar-refractivity contribution < 1.29 is 9.59 Å². The molecule has 0 fully saturated rings. The van der Waals surface area contributed by atoms with Crippen LogP contribution in [0.4, 0.5) is 5.69 Å². The molecule has 2 amide bonds. The van der Waals surface area contributed by atoms with Gasteiger partial charge >= 0.3 is 0 Å². The quantitative estimate of drug-likeness (QED) is 0.807. The fraction of sp³-hybridized carbons (Fsp3) is 0.385. The third-order valence-corrected chi connectivity index (χ3v) is 3.16. The van der Waals surface area contributed by atoms with Gasteiger partial charge in [-0.3, -0.25) is 9.59 Å². The second-order valence-electron chi connectivity index (χ2n) is 4.02. The molecule has 1 aromatic carbocycles. The Morgan fingerprint density at radius 3 is 2.42 bits per heavy atom. The molecule has 1 rings (SSSR count). The van der Waals surface area contributed by atoms with Crippen molar-refractivity contribution in [1.82, 2.24) is 10.2 Å². The minimum absolute atomic E-state index is 0.00701. The van der Waals surface area contributed by atoms with E-state index >= 15 is 0 Å². The molecule has 0 aromatic heterocycles. The number of nitrogens with one attached hydrogen (secondary N) is 1. The SMILES string of the molecule is CCN(CC)C(=O)CNC(=O)c1cc(N)cc(Br)c1. The summed E-state index contributed by atoms with van der Waals surface area (Å²) in [4.78, 5) is 25.3. The van der Waals surface area contributed by atoms with E-state index in [0.717, 1.165) is 4.47 Å². The predicted octanol–water partition coefficient (Wildman–Crippen LogP) is 1.63. The molecule has 0 saturated heterocycles. The van der Waals surface area contributed by atoms with Crippen LogP contribution in [0.5, 0.6) is 0 Å². The van der Waals surface area contributed by atoms with Crippen LogP contribution in [0, 0.1) is 0 Å². The lowest BCUT2D eigenvalue weighted by atomic mass is 10.2. The Balaban J connectivity index is 2.63. The van der Waals surface area contributed by atoms with E-state index in [1.807, 2.05) is 13.8 Å². The van der Waals surface area contributed by atoms with E-state index in [1.165, 1.54) is 0 Å². The topological polar surface area (TPSA) is 75.4 Å². The van der Waals surface area contributed by atoms with Crippen LogP contribution in [-0.4, -0.2) is 36.3 Å². The summed E-state index contributed by atoms with van der Waals surface area (Å²) in [5.74, 6) is -0.408. The number of carbonyl (C=O) groups is 2. The molecular formula is C13H18BrN3O2. The van der Waals surface area contributed by atoms with Crippen molar-refractivity contribution in [1.29, 1.82) is 0 Å². The molecule has 0 aliphatic heterocycles. The van der Waals surface area contributed by atoms with Crippen molar-refractivity contribution >= 4 is 33.4 Å². The number of nitrogen functional groups attached to an aromatic ring is 1. The molecule has 5 nitrogen and oxygen atoms in total. The minimum Gasteiger partial charge on any atom is -0.399 e. The fourth-order valence-corrected chi connectivity index (χ4v) is 2.20. The van der Waals surface area contributed by atoms with Crippen molar-refractivity contribution in [2.45, 2.75) is 13.8 Å². The first-order chi connectivity index (χ1) is 8.97. The second-order valence-corrected chi connectivity index (χ2v) is 4.94. The van der Waals surface area contributed by atoms with Crippen LogP contribution in [0.15, 0.2) is 22.7 Å². The summed E-state index contributed by atoms with van der Waals surface area (Å²) in [7, 11) is 0. The molecular weight excluding hydrogens is 310 g/mol. The number of hydrogen-bond acceptors (Lipinski definition) is 3. The summed E-state index contributed by atoms with van der Waals surface area (Å²) >= 11 is 3.27. The number of nitrogens with two attached hydrogens (primary N) is 1. The molecule has 6 heteroatoms. The Morgan fingerprint density at radius 2 is 1.89 bits per heavy atom. The Kier molecular flexibility index (Phi) is 5.82. The first kappa shape index (κ1) is 15.5. The lowest BCUT2D eigenvalue weighted by Crippen LogP contribution is -2.40. The number of benzene rings is 1. The number of likely N-dealkylation sites (N-methyl/N-ethyl adjacent to an activating group) is 1. The second kappa shape index (κ2) is 7.13. The third-order valence-electron chi connectivity index (χ3n) is 2.70. The molecule has 0 bridgehead atoms. The average Bonchev–Trinajstić information content (AvgIpc) is 2.36. The van der Waals surface area contributed by atoms with Gasteiger partial charge in [0.05, 0.1) is 6.54 Å². The van der Waals surface area contributed by atoms with Gasteiger partial charge in [-0.15, -0.1) is 0 Å². The fourth-order valence-electron chi connectivity index (χ4n) is 1.69. The minimum atomic E-state index is -0.312. The van der Waals surface area contributed by atoms with Crippen molar-refractivity contribution in [2.24, 2.45) is 0 Å². The van der Waals surface area contributed by atoms with Gasteiger partial charge in [-0.2, -0.15) is 0 Å². The molecule has 0 radical (unpaired) electrons. The number of anilines is 1. The normalized spacial score (nSPS) is 10.1. The smallest absolute Gasteiger partial charge is 0.251 e. The monoisotopic (exact) mass is 327 g/mol. The van der Waals surface area contributed by atoms with Gasteiger partial charge in [0.1, 0.15) is 0 Å². The number of rotatable bonds is 5. The standard InChI is InChI=1S/C13H18BrN3O2/c1-3-17(4-2)12(18)8-16-13(19)9-5-10(14)7-11(15)6-9/h5-7H,3-4,8,15H2,1-2H3,(H,16,19). The zero-order valence-electron chi connectivity index (χ0n) is 11.1. The van der Waals surface area contributed by atoms with E-state index in [0.29, 0.717) is 24.3 Å². The summed E-state index contributed by atoms with van der Waals surface area (Å²) in [5.41, 5.74) is 6.58. The lowest BCUT2D eigenvalue weighted by molar-refractivity contribution is -0.129. The van der Waals surface area contributed by atoms with Gasteiger partial charge in [0, 0.05) is 28.8 Å². The largest absolute Gasteiger partial charge is 0.399 e. The number of amides is 2. The van der Waals surface area contributed by atoms with Gasteiger partial charge in [0.15, 0.2) is 0 Å². The highest BCUT2D eigenvalue weighted by Gasteiger charge is 2.12. The molecule has 1 aromatic rings. The van der Waals surface area contributed by atoms with Crippen molar-refractivity contribution in [3.05, 3.63) is 28.2 Å². The zero-order chi connectivity index (χ0) is 14.4. The molecule has 0 unspecified atom stereocenters. The van der Waals surface area contributed by atoms with Gasteiger partial charge in [0.25, 0.3) is 5.91 Å². The maximum atomic E-state index is 11.9. The molecule has 104 valence electrons. The summed E-state index contributed by atoms with van der Waals surface area (Å²) in [6.45, 7) is 5.06. The Bertz CT molecular complexity index is 453. The summed E-state index contributed by atoms with van der Waals surface area (Å²) < 4.78 is 0.729. The number of halogens is 1. The van der Waals surface area contributed by atoms with Gasteiger partial charge in [-0.1, -0.05) is 15.9 Å². The zero-order valence-corrected chi connectivity index (χ0v) is 12.7. The van der Waals surface area contributed by atoms with Crippen molar-refractivity contribution in [3.8, 4) is 0 Å². The predicted molar refractivity (Wildman–Crippen MR) is 78.8 cm³/mol. The van der Waals surface area contributed by atoms with E-state index in [-0.39, 0.29) is 18.4 Å². The molecule has 3 N–H and O–H groups in total. The molecule has 0 spiro atoms. The van der Waals surface area contributed by atoms with Crippen molar-refractivity contribution in [2.75, 3.05) is 25.4 Å². The highest BCUT2D eigenvalue weighted by atomic mass is 79.9. The molecule has 0 saturated carbocycles. The van der Waals surface area contributed by atoms with E-state index in [2.05, 4.69) is 21.2 Å². The van der Waals surface area contributed by atoms with E-state index in [4.69, 9.17) is 5.73 Å². The first-order valence-corrected chi connectivity index (χ1v) is 6.89. The van der Waals surface area contributed by atoms with Crippen LogP contribution < -0.4 is 11.1 Å².